The summed E-state index contributed by atoms with van der Waals surface area (Å²) >= 11 is 0. The second-order valence-electron chi connectivity index (χ2n) is 6.35. The topological polar surface area (TPSA) is 81.6 Å². The maximum absolute atomic E-state index is 13.0. The van der Waals surface area contributed by atoms with Gasteiger partial charge in [-0.3, -0.25) is 4.79 Å². The van der Waals surface area contributed by atoms with E-state index in [0.717, 1.165) is 12.2 Å². The Bertz CT molecular complexity index is 743. The number of amides is 1. The molecular weight excluding hydrogens is 337 g/mol. The number of halogens is 1. The zero-order valence-corrected chi connectivity index (χ0v) is 14.5. The molecule has 7 nitrogen and oxygen atoms in total. The van der Waals surface area contributed by atoms with Crippen LogP contribution < -0.4 is 10.2 Å². The van der Waals surface area contributed by atoms with E-state index >= 15 is 0 Å². The van der Waals surface area contributed by atoms with Gasteiger partial charge in [0.2, 0.25) is 6.41 Å². The average Bonchev–Trinajstić information content (AvgIpc) is 2.67. The molecule has 0 radical (unpaired) electrons. The van der Waals surface area contributed by atoms with Crippen molar-refractivity contribution in [1.29, 1.82) is 0 Å². The van der Waals surface area contributed by atoms with Crippen molar-refractivity contribution in [1.82, 2.24) is 14.9 Å². The smallest absolute Gasteiger partial charge is 0.210 e. The molecule has 1 aromatic carbocycles. The molecule has 1 saturated heterocycles. The SMILES string of the molecule is CC1CN(c2cc(NCC(O)c3ccc(F)cc3)ncn2)CCN1C=O. The zero-order valence-electron chi connectivity index (χ0n) is 14.5. The van der Waals surface area contributed by atoms with E-state index in [4.69, 9.17) is 0 Å². The van der Waals surface area contributed by atoms with Gasteiger partial charge in [0.25, 0.3) is 0 Å². The van der Waals surface area contributed by atoms with Gasteiger partial charge in [-0.2, -0.15) is 0 Å². The van der Waals surface area contributed by atoms with Crippen molar-refractivity contribution in [3.05, 3.63) is 48.0 Å². The lowest BCUT2D eigenvalue weighted by Gasteiger charge is -2.38. The molecule has 1 aromatic heterocycles. The van der Waals surface area contributed by atoms with Crippen molar-refractivity contribution >= 4 is 18.0 Å². The minimum atomic E-state index is -0.773. The van der Waals surface area contributed by atoms with Crippen LogP contribution in [-0.4, -0.2) is 58.6 Å². The monoisotopic (exact) mass is 359 g/mol. The largest absolute Gasteiger partial charge is 0.387 e. The summed E-state index contributed by atoms with van der Waals surface area (Å²) in [6, 6.07) is 7.69. The lowest BCUT2D eigenvalue weighted by molar-refractivity contribution is -0.120. The summed E-state index contributed by atoms with van der Waals surface area (Å²) in [5.41, 5.74) is 0.631. The van der Waals surface area contributed by atoms with Crippen molar-refractivity contribution in [2.24, 2.45) is 0 Å². The molecule has 2 unspecified atom stereocenters. The molecule has 2 heterocycles. The van der Waals surface area contributed by atoms with Crippen molar-refractivity contribution in [3.8, 4) is 0 Å². The van der Waals surface area contributed by atoms with Crippen LogP contribution >= 0.6 is 0 Å². The first-order chi connectivity index (χ1) is 12.6. The third-order valence-electron chi connectivity index (χ3n) is 4.52. The fraction of sp³-hybridized carbons (Fsp3) is 0.389. The number of aliphatic hydroxyl groups excluding tert-OH is 1. The van der Waals surface area contributed by atoms with Crippen molar-refractivity contribution in [2.45, 2.75) is 19.1 Å². The number of nitrogens with one attached hydrogen (secondary N) is 1. The van der Waals surface area contributed by atoms with E-state index in [0.29, 0.717) is 31.0 Å². The van der Waals surface area contributed by atoms with Crippen molar-refractivity contribution < 1.29 is 14.3 Å². The van der Waals surface area contributed by atoms with Crippen molar-refractivity contribution in [3.63, 3.8) is 0 Å². The van der Waals surface area contributed by atoms with E-state index in [9.17, 15) is 14.3 Å². The van der Waals surface area contributed by atoms with E-state index in [-0.39, 0.29) is 18.4 Å². The summed E-state index contributed by atoms with van der Waals surface area (Å²) in [6.07, 6.45) is 1.58. The second kappa shape index (κ2) is 8.09. The van der Waals surface area contributed by atoms with Gasteiger partial charge in [-0.15, -0.1) is 0 Å². The normalized spacial score (nSPS) is 18.5. The zero-order chi connectivity index (χ0) is 18.5. The summed E-state index contributed by atoms with van der Waals surface area (Å²) in [7, 11) is 0. The fourth-order valence-corrected chi connectivity index (χ4v) is 2.96. The molecule has 1 aliphatic heterocycles. The van der Waals surface area contributed by atoms with Gasteiger partial charge in [0.1, 0.15) is 23.8 Å². The molecule has 2 aromatic rings. The highest BCUT2D eigenvalue weighted by Gasteiger charge is 2.23. The van der Waals surface area contributed by atoms with Crippen LogP contribution in [0.25, 0.3) is 0 Å². The van der Waals surface area contributed by atoms with Gasteiger partial charge in [-0.05, 0) is 24.6 Å². The quantitative estimate of drug-likeness (QED) is 0.760. The molecule has 3 rings (SSSR count). The number of hydrogen-bond acceptors (Lipinski definition) is 6. The Hall–Kier alpha value is -2.74. The Morgan fingerprint density at radius 2 is 2.12 bits per heavy atom. The van der Waals surface area contributed by atoms with E-state index in [1.54, 1.807) is 17.0 Å². The molecule has 26 heavy (non-hydrogen) atoms. The van der Waals surface area contributed by atoms with E-state index in [2.05, 4.69) is 20.2 Å². The molecular formula is C18H22FN5O2. The van der Waals surface area contributed by atoms with Crippen LogP contribution in [0.3, 0.4) is 0 Å². The number of aromatic nitrogens is 2. The minimum absolute atomic E-state index is 0.118. The predicted octanol–water partition coefficient (Wildman–Crippen LogP) is 1.43. The molecule has 0 spiro atoms. The molecule has 0 saturated carbocycles. The number of carbonyl (C=O) groups excluding carboxylic acids is 1. The number of rotatable bonds is 6. The summed E-state index contributed by atoms with van der Waals surface area (Å²) in [6.45, 7) is 4.31. The number of benzene rings is 1. The first-order valence-corrected chi connectivity index (χ1v) is 8.52. The molecule has 138 valence electrons. The van der Waals surface area contributed by atoms with Crippen LogP contribution in [0.2, 0.25) is 0 Å². The predicted molar refractivity (Wildman–Crippen MR) is 96.3 cm³/mol. The molecule has 1 fully saturated rings. The van der Waals surface area contributed by atoms with Gasteiger partial charge in [0.05, 0.1) is 6.10 Å². The number of carbonyl (C=O) groups is 1. The number of hydrogen-bond donors (Lipinski definition) is 2. The van der Waals surface area contributed by atoms with Gasteiger partial charge >= 0.3 is 0 Å². The molecule has 2 N–H and O–H groups in total. The summed E-state index contributed by atoms with van der Waals surface area (Å²) in [5, 5.41) is 13.3. The molecule has 1 amide bonds. The average molecular weight is 359 g/mol. The summed E-state index contributed by atoms with van der Waals surface area (Å²) in [5.74, 6) is 1.04. The van der Waals surface area contributed by atoms with Crippen molar-refractivity contribution in [2.75, 3.05) is 36.4 Å². The van der Waals surface area contributed by atoms with Crippen LogP contribution in [0, 0.1) is 5.82 Å². The number of nitrogens with zero attached hydrogens (tertiary/aromatic N) is 4. The van der Waals surface area contributed by atoms with Crippen LogP contribution in [-0.2, 0) is 4.79 Å². The lowest BCUT2D eigenvalue weighted by atomic mass is 10.1. The summed E-state index contributed by atoms with van der Waals surface area (Å²) < 4.78 is 13.0. The lowest BCUT2D eigenvalue weighted by Crippen LogP contribution is -2.51. The molecule has 0 bridgehead atoms. The molecule has 0 aliphatic carbocycles. The molecule has 8 heteroatoms. The van der Waals surface area contributed by atoms with Crippen LogP contribution in [0.15, 0.2) is 36.7 Å². The summed E-state index contributed by atoms with van der Waals surface area (Å²) in [4.78, 5) is 23.3. The van der Waals surface area contributed by atoms with Crippen LogP contribution in [0.5, 0.6) is 0 Å². The van der Waals surface area contributed by atoms with Gasteiger partial charge in [-0.25, -0.2) is 14.4 Å². The highest BCUT2D eigenvalue weighted by atomic mass is 19.1. The van der Waals surface area contributed by atoms with Gasteiger partial charge in [-0.1, -0.05) is 12.1 Å². The van der Waals surface area contributed by atoms with Gasteiger partial charge in [0, 0.05) is 38.3 Å². The number of piperazine rings is 1. The first kappa shape index (κ1) is 18.1. The van der Waals surface area contributed by atoms with E-state index in [1.807, 2.05) is 13.0 Å². The third-order valence-corrected chi connectivity index (χ3v) is 4.52. The van der Waals surface area contributed by atoms with E-state index < -0.39 is 6.10 Å². The molecule has 1 aliphatic rings. The Morgan fingerprint density at radius 3 is 2.81 bits per heavy atom. The molecule has 2 atom stereocenters. The van der Waals surface area contributed by atoms with Gasteiger partial charge < -0.3 is 20.2 Å². The van der Waals surface area contributed by atoms with E-state index in [1.165, 1.54) is 18.5 Å². The van der Waals surface area contributed by atoms with Crippen LogP contribution in [0.1, 0.15) is 18.6 Å². The highest BCUT2D eigenvalue weighted by molar-refractivity contribution is 5.52. The Balaban J connectivity index is 1.60. The fourth-order valence-electron chi connectivity index (χ4n) is 2.96. The Labute approximate surface area is 151 Å². The third kappa shape index (κ3) is 4.26. The second-order valence-corrected chi connectivity index (χ2v) is 6.35. The number of anilines is 2. The first-order valence-electron chi connectivity index (χ1n) is 8.52. The minimum Gasteiger partial charge on any atom is -0.387 e. The maximum Gasteiger partial charge on any atom is 0.210 e. The standard InChI is InChI=1S/C18H22FN5O2/c1-13-10-23(6-7-24(13)12-25)18-8-17(21-11-22-18)20-9-16(26)14-2-4-15(19)5-3-14/h2-5,8,11-13,16,26H,6-7,9-10H2,1H3,(H,20,21,22). The maximum atomic E-state index is 13.0. The Morgan fingerprint density at radius 1 is 1.35 bits per heavy atom. The number of aliphatic hydroxyl groups is 1. The van der Waals surface area contributed by atoms with Crippen LogP contribution in [0.4, 0.5) is 16.0 Å². The highest BCUT2D eigenvalue weighted by Crippen LogP contribution is 2.19. The van der Waals surface area contributed by atoms with Gasteiger partial charge in [0.15, 0.2) is 0 Å². The Kier molecular flexibility index (Phi) is 5.62.